The van der Waals surface area contributed by atoms with Gasteiger partial charge >= 0.3 is 33.3 Å². The zero-order valence-electron chi connectivity index (χ0n) is 42.2. The molecule has 1 aliphatic rings. The molecular weight excluding hydrogens is 985 g/mol. The van der Waals surface area contributed by atoms with Crippen LogP contribution in [0.4, 0.5) is 5.82 Å². The van der Waals surface area contributed by atoms with Crippen LogP contribution in [0.3, 0.4) is 0 Å². The molecule has 1 aliphatic heterocycles. The van der Waals surface area contributed by atoms with E-state index in [1.807, 2.05) is 24.3 Å². The van der Waals surface area contributed by atoms with Crippen molar-refractivity contribution in [1.29, 1.82) is 0 Å². The van der Waals surface area contributed by atoms with Gasteiger partial charge in [-0.3, -0.25) is 23.2 Å². The molecule has 0 bridgehead atoms. The van der Waals surface area contributed by atoms with Gasteiger partial charge in [0, 0.05) is 19.0 Å². The lowest BCUT2D eigenvalue weighted by Gasteiger charge is -2.21. The van der Waals surface area contributed by atoms with Gasteiger partial charge < -0.3 is 45.1 Å². The highest BCUT2D eigenvalue weighted by Crippen LogP contribution is 2.60. The molecular formula is C52H79N3O16P2. The summed E-state index contributed by atoms with van der Waals surface area (Å²) in [5.74, 6) is -1.65. The first-order valence-corrected chi connectivity index (χ1v) is 28.0. The lowest BCUT2D eigenvalue weighted by Crippen LogP contribution is -2.36. The average Bonchev–Trinajstić information content (AvgIpc) is 3.63. The van der Waals surface area contributed by atoms with Gasteiger partial charge in [0.15, 0.2) is 12.3 Å². The molecule has 0 aliphatic carbocycles. The Morgan fingerprint density at radius 3 is 1.89 bits per heavy atom. The van der Waals surface area contributed by atoms with Crippen LogP contribution in [0.15, 0.2) is 126 Å². The van der Waals surface area contributed by atoms with Crippen molar-refractivity contribution in [2.45, 2.75) is 160 Å². The summed E-state index contributed by atoms with van der Waals surface area (Å²) in [6.45, 7) is 1.71. The van der Waals surface area contributed by atoms with Gasteiger partial charge in [-0.05, 0) is 89.5 Å². The third-order valence-electron chi connectivity index (χ3n) is 10.5. The van der Waals surface area contributed by atoms with Crippen LogP contribution >= 0.6 is 15.6 Å². The number of anilines is 1. The molecule has 8 atom stereocenters. The van der Waals surface area contributed by atoms with Crippen molar-refractivity contribution in [3.05, 3.63) is 132 Å². The minimum atomic E-state index is -5.49. The van der Waals surface area contributed by atoms with Crippen molar-refractivity contribution in [3.63, 3.8) is 0 Å². The van der Waals surface area contributed by atoms with E-state index in [4.69, 9.17) is 29.0 Å². The molecule has 1 saturated heterocycles. The predicted molar refractivity (Wildman–Crippen MR) is 280 cm³/mol. The number of aliphatic hydroxyl groups excluding tert-OH is 3. The van der Waals surface area contributed by atoms with Crippen LogP contribution < -0.4 is 11.4 Å². The van der Waals surface area contributed by atoms with Crippen molar-refractivity contribution in [2.24, 2.45) is 0 Å². The molecule has 408 valence electrons. The quantitative estimate of drug-likeness (QED) is 0.0118. The SMILES string of the molecule is CC/C=C\C/C=C\C/C=C\C/C=C\C/C=C\C=C/C(O)CCC(=O)OC[C@H](COP(=O)(O)OP(=O)(O)OC[C@H]1O[C@@H](n2ccc(N)nc2=O)[C@H](O)[C@@H]1O)OC(=O)CCCC/C=C\C/C=C\C/C=C\CCCCC. The number of carbonyl (C=O) groups excluding carboxylic acids is 2. The summed E-state index contributed by atoms with van der Waals surface area (Å²) >= 11 is 0. The van der Waals surface area contributed by atoms with E-state index < -0.39 is 89.8 Å². The summed E-state index contributed by atoms with van der Waals surface area (Å²) in [4.78, 5) is 61.9. The fraction of sp³-hybridized carbons (Fsp3) is 0.538. The van der Waals surface area contributed by atoms with Crippen molar-refractivity contribution in [1.82, 2.24) is 9.55 Å². The highest BCUT2D eigenvalue weighted by molar-refractivity contribution is 7.61. The lowest BCUT2D eigenvalue weighted by atomic mass is 10.1. The van der Waals surface area contributed by atoms with E-state index in [1.54, 1.807) is 12.2 Å². The number of unbranched alkanes of at least 4 members (excludes halogenated alkanes) is 5. The van der Waals surface area contributed by atoms with Gasteiger partial charge in [0.05, 0.1) is 19.3 Å². The van der Waals surface area contributed by atoms with Crippen LogP contribution in [0.5, 0.6) is 0 Å². The van der Waals surface area contributed by atoms with Crippen LogP contribution in [0.1, 0.15) is 129 Å². The number of aromatic nitrogens is 2. The Kier molecular flexibility index (Phi) is 34.4. The van der Waals surface area contributed by atoms with Gasteiger partial charge in [0.2, 0.25) is 0 Å². The molecule has 0 radical (unpaired) electrons. The zero-order valence-corrected chi connectivity index (χ0v) is 44.0. The second-order valence-electron chi connectivity index (χ2n) is 16.8. The van der Waals surface area contributed by atoms with Crippen molar-refractivity contribution >= 4 is 33.4 Å². The third kappa shape index (κ3) is 31.7. The number of aliphatic hydroxyl groups is 3. The van der Waals surface area contributed by atoms with Crippen LogP contribution in [0, 0.1) is 0 Å². The zero-order chi connectivity index (χ0) is 53.6. The Balaban J connectivity index is 1.89. The van der Waals surface area contributed by atoms with Crippen molar-refractivity contribution in [2.75, 3.05) is 25.6 Å². The second-order valence-corrected chi connectivity index (χ2v) is 19.8. The Morgan fingerprint density at radius 1 is 0.740 bits per heavy atom. The number of phosphoric acid groups is 2. The molecule has 0 amide bonds. The Hall–Kier alpha value is -4.62. The number of carbonyl (C=O) groups is 2. The molecule has 2 rings (SSSR count). The second kappa shape index (κ2) is 38.9. The molecule has 7 N–H and O–H groups in total. The van der Waals surface area contributed by atoms with E-state index in [0.29, 0.717) is 25.7 Å². The summed E-state index contributed by atoms with van der Waals surface area (Å²) in [5, 5.41) is 31.3. The molecule has 1 aromatic heterocycles. The number of nitrogens with two attached hydrogens (primary N) is 1. The minimum absolute atomic E-state index is 0.00657. The molecule has 19 nitrogen and oxygen atoms in total. The van der Waals surface area contributed by atoms with Crippen molar-refractivity contribution in [3.8, 4) is 0 Å². The van der Waals surface area contributed by atoms with E-state index in [9.17, 15) is 48.6 Å². The first-order valence-electron chi connectivity index (χ1n) is 25.0. The van der Waals surface area contributed by atoms with E-state index >= 15 is 0 Å². The standard InChI is InChI=1S/C52H79N3O16P2/c1-3-5-7-9-11-13-15-17-19-21-22-24-26-28-30-32-34-43(56)36-37-47(57)66-40-44(69-48(58)35-33-31-29-27-25-23-20-18-16-14-12-10-8-6-4-2)41-67-72(62,63)71-73(64,65)68-42-45-49(59)50(60)51(70-45)55-39-38-46(53)54-52(55)61/h5,7,11-14,17-20,22,24-25,27-28,30,32,34,38-39,43-45,49-51,56,59-60H,3-4,6,8-10,15-16,21,23,26,29,31,33,35-37,40-42H2,1-2H3,(H,62,63)(H,64,65)(H2,53,54,61)/b7-5-,13-11-,14-12-,19-17-,20-18-,24-22-,27-25-,30-28-,34-32-/t43?,44-,45-,49-,50-,51-/m1/s1. The number of phosphoric ester groups is 2. The summed E-state index contributed by atoms with van der Waals surface area (Å²) in [5.41, 5.74) is 4.56. The van der Waals surface area contributed by atoms with Crippen molar-refractivity contribution < 1.29 is 71.4 Å². The monoisotopic (exact) mass is 1060 g/mol. The minimum Gasteiger partial charge on any atom is -0.462 e. The summed E-state index contributed by atoms with van der Waals surface area (Å²) in [6, 6.07) is 1.23. The first kappa shape index (κ1) is 64.5. The highest BCUT2D eigenvalue weighted by atomic mass is 31.3. The van der Waals surface area contributed by atoms with Gasteiger partial charge in [-0.15, -0.1) is 0 Å². The van der Waals surface area contributed by atoms with E-state index in [1.165, 1.54) is 31.4 Å². The smallest absolute Gasteiger partial charge is 0.462 e. The van der Waals surface area contributed by atoms with Gasteiger partial charge in [0.25, 0.3) is 0 Å². The summed E-state index contributed by atoms with van der Waals surface area (Å²) < 4.78 is 56.5. The molecule has 73 heavy (non-hydrogen) atoms. The fourth-order valence-corrected chi connectivity index (χ4v) is 8.66. The fourth-order valence-electron chi connectivity index (χ4n) is 6.55. The van der Waals surface area contributed by atoms with Gasteiger partial charge in [0.1, 0.15) is 30.7 Å². The molecule has 0 aromatic carbocycles. The number of rotatable bonds is 39. The van der Waals surface area contributed by atoms with E-state index in [-0.39, 0.29) is 25.1 Å². The molecule has 1 fully saturated rings. The van der Waals surface area contributed by atoms with Gasteiger partial charge in [-0.25, -0.2) is 13.9 Å². The van der Waals surface area contributed by atoms with E-state index in [0.717, 1.165) is 55.7 Å². The van der Waals surface area contributed by atoms with Crippen LogP contribution in [0.2, 0.25) is 0 Å². The normalized spacial score (nSPS) is 20.3. The van der Waals surface area contributed by atoms with Crippen LogP contribution in [-0.2, 0) is 46.3 Å². The third-order valence-corrected chi connectivity index (χ3v) is 13.1. The number of nitrogen functional groups attached to an aromatic ring is 1. The summed E-state index contributed by atoms with van der Waals surface area (Å²) in [6.07, 6.45) is 40.8. The predicted octanol–water partition coefficient (Wildman–Crippen LogP) is 9.19. The molecule has 2 heterocycles. The number of nitrogens with zero attached hydrogens (tertiary/aromatic N) is 2. The number of allylic oxidation sites excluding steroid dienone is 17. The average molecular weight is 1060 g/mol. The highest BCUT2D eigenvalue weighted by Gasteiger charge is 2.46. The number of hydrogen-bond acceptors (Lipinski definition) is 16. The first-order chi connectivity index (χ1) is 35.1. The topological polar surface area (TPSA) is 286 Å². The lowest BCUT2D eigenvalue weighted by molar-refractivity contribution is -0.161. The molecule has 1 aromatic rings. The Labute approximate surface area is 430 Å². The van der Waals surface area contributed by atoms with E-state index in [2.05, 4.69) is 90.0 Å². The Morgan fingerprint density at radius 2 is 1.30 bits per heavy atom. The maximum Gasteiger partial charge on any atom is 0.481 e. The van der Waals surface area contributed by atoms with Gasteiger partial charge in [-0.1, -0.05) is 136 Å². The Bertz CT molecular complexity index is 2170. The summed E-state index contributed by atoms with van der Waals surface area (Å²) in [7, 11) is -11.0. The molecule has 0 saturated carbocycles. The number of hydrogen-bond donors (Lipinski definition) is 6. The number of esters is 2. The maximum atomic E-state index is 12.8. The largest absolute Gasteiger partial charge is 0.481 e. The number of ether oxygens (including phenoxy) is 3. The molecule has 21 heteroatoms. The molecule has 0 spiro atoms. The van der Waals surface area contributed by atoms with Crippen LogP contribution in [0.25, 0.3) is 0 Å². The maximum absolute atomic E-state index is 12.8. The molecule has 3 unspecified atom stereocenters. The van der Waals surface area contributed by atoms with Crippen LogP contribution in [-0.4, -0.2) is 96.9 Å². The van der Waals surface area contributed by atoms with Gasteiger partial charge in [-0.2, -0.15) is 9.29 Å².